The molecule has 1 saturated heterocycles. The van der Waals surface area contributed by atoms with Gasteiger partial charge < -0.3 is 10.6 Å². The Hall–Kier alpha value is -1.66. The van der Waals surface area contributed by atoms with Gasteiger partial charge in [-0.1, -0.05) is 28.9 Å². The lowest BCUT2D eigenvalue weighted by Crippen LogP contribution is -2.49. The Morgan fingerprint density at radius 2 is 2.30 bits per heavy atom. The predicted octanol–water partition coefficient (Wildman–Crippen LogP) is 2.83. The van der Waals surface area contributed by atoms with Crippen molar-refractivity contribution in [2.45, 2.75) is 25.8 Å². The lowest BCUT2D eigenvalue weighted by Gasteiger charge is -2.37. The van der Waals surface area contributed by atoms with Crippen LogP contribution in [-0.4, -0.2) is 39.7 Å². The maximum absolute atomic E-state index is 12.8. The molecule has 0 spiro atoms. The quantitative estimate of drug-likeness (QED) is 0.895. The lowest BCUT2D eigenvalue weighted by molar-refractivity contribution is 0.0573. The van der Waals surface area contributed by atoms with E-state index in [4.69, 9.17) is 5.73 Å². The third-order valence-electron chi connectivity index (χ3n) is 4.41. The second-order valence-electron chi connectivity index (χ2n) is 6.17. The third-order valence-corrected chi connectivity index (χ3v) is 4.91. The summed E-state index contributed by atoms with van der Waals surface area (Å²) < 4.78 is 2.70. The summed E-state index contributed by atoms with van der Waals surface area (Å²) in [7, 11) is 0. The number of carbonyl (C=O) groups excluding carboxylic acids is 1. The third kappa shape index (κ3) is 3.48. The molecule has 2 unspecified atom stereocenters. The zero-order chi connectivity index (χ0) is 16.4. The highest BCUT2D eigenvalue weighted by Gasteiger charge is 2.30. The largest absolute Gasteiger partial charge is 0.334 e. The standard InChI is InChI=1S/C17H21BrN4O/c1-12-5-6-21(16(7-12)9-19)17(23)13-10-20-22(11-13)15-4-2-3-14(18)8-15/h2-4,8,10-12,16H,5-7,9,19H2,1H3. The van der Waals surface area contributed by atoms with Crippen LogP contribution in [-0.2, 0) is 0 Å². The number of nitrogens with two attached hydrogens (primary N) is 1. The van der Waals surface area contributed by atoms with Crippen LogP contribution in [0.1, 0.15) is 30.1 Å². The van der Waals surface area contributed by atoms with Crippen molar-refractivity contribution in [3.05, 3.63) is 46.7 Å². The number of hydrogen-bond acceptors (Lipinski definition) is 3. The van der Waals surface area contributed by atoms with Crippen LogP contribution in [0.15, 0.2) is 41.1 Å². The average Bonchev–Trinajstić information content (AvgIpc) is 3.04. The minimum atomic E-state index is 0.0218. The first kappa shape index (κ1) is 16.2. The smallest absolute Gasteiger partial charge is 0.257 e. The first-order chi connectivity index (χ1) is 11.1. The Morgan fingerprint density at radius 3 is 3.04 bits per heavy atom. The number of hydrogen-bond donors (Lipinski definition) is 1. The van der Waals surface area contributed by atoms with Crippen molar-refractivity contribution in [2.75, 3.05) is 13.1 Å². The van der Waals surface area contributed by atoms with E-state index in [1.807, 2.05) is 29.2 Å². The fourth-order valence-corrected chi connectivity index (χ4v) is 3.49. The van der Waals surface area contributed by atoms with Crippen LogP contribution in [0.4, 0.5) is 0 Å². The Morgan fingerprint density at radius 1 is 1.48 bits per heavy atom. The molecule has 1 aliphatic rings. The number of carbonyl (C=O) groups is 1. The molecule has 5 nitrogen and oxygen atoms in total. The molecule has 0 bridgehead atoms. The molecular weight excluding hydrogens is 356 g/mol. The molecule has 1 aromatic heterocycles. The fraction of sp³-hybridized carbons (Fsp3) is 0.412. The van der Waals surface area contributed by atoms with Gasteiger partial charge in [0.1, 0.15) is 0 Å². The van der Waals surface area contributed by atoms with E-state index in [2.05, 4.69) is 28.0 Å². The van der Waals surface area contributed by atoms with Crippen molar-refractivity contribution in [3.8, 4) is 5.69 Å². The van der Waals surface area contributed by atoms with E-state index >= 15 is 0 Å². The van der Waals surface area contributed by atoms with E-state index in [9.17, 15) is 4.79 Å². The van der Waals surface area contributed by atoms with Crippen LogP contribution < -0.4 is 5.73 Å². The molecule has 1 aliphatic heterocycles. The van der Waals surface area contributed by atoms with Gasteiger partial charge in [0.25, 0.3) is 5.91 Å². The molecule has 2 N–H and O–H groups in total. The maximum atomic E-state index is 12.8. The van der Waals surface area contributed by atoms with Crippen molar-refractivity contribution in [1.29, 1.82) is 0 Å². The number of likely N-dealkylation sites (tertiary alicyclic amines) is 1. The molecule has 2 atom stereocenters. The Balaban J connectivity index is 1.81. The van der Waals surface area contributed by atoms with Gasteiger partial charge in [0.15, 0.2) is 0 Å². The van der Waals surface area contributed by atoms with E-state index in [0.29, 0.717) is 18.0 Å². The van der Waals surface area contributed by atoms with Gasteiger partial charge in [-0.2, -0.15) is 5.10 Å². The lowest BCUT2D eigenvalue weighted by atomic mass is 9.92. The molecule has 2 aromatic rings. The average molecular weight is 377 g/mol. The van der Waals surface area contributed by atoms with E-state index in [1.165, 1.54) is 0 Å². The minimum Gasteiger partial charge on any atom is -0.334 e. The van der Waals surface area contributed by atoms with Gasteiger partial charge in [0.05, 0.1) is 17.4 Å². The van der Waals surface area contributed by atoms with Gasteiger partial charge in [0.2, 0.25) is 0 Å². The number of nitrogens with zero attached hydrogens (tertiary/aromatic N) is 3. The monoisotopic (exact) mass is 376 g/mol. The van der Waals surface area contributed by atoms with Crippen LogP contribution in [0.5, 0.6) is 0 Å². The summed E-state index contributed by atoms with van der Waals surface area (Å²) in [6, 6.07) is 7.95. The molecule has 0 saturated carbocycles. The maximum Gasteiger partial charge on any atom is 0.257 e. The normalized spacial score (nSPS) is 21.4. The number of benzene rings is 1. The highest BCUT2D eigenvalue weighted by Crippen LogP contribution is 2.24. The summed E-state index contributed by atoms with van der Waals surface area (Å²) in [6.45, 7) is 3.50. The van der Waals surface area contributed by atoms with Crippen molar-refractivity contribution < 1.29 is 4.79 Å². The summed E-state index contributed by atoms with van der Waals surface area (Å²) in [5.41, 5.74) is 7.39. The minimum absolute atomic E-state index is 0.0218. The van der Waals surface area contributed by atoms with Gasteiger partial charge in [-0.25, -0.2) is 4.68 Å². The van der Waals surface area contributed by atoms with Gasteiger partial charge in [-0.15, -0.1) is 0 Å². The zero-order valence-corrected chi connectivity index (χ0v) is 14.7. The van der Waals surface area contributed by atoms with Crippen LogP contribution in [0.2, 0.25) is 0 Å². The number of piperidine rings is 1. The first-order valence-corrected chi connectivity index (χ1v) is 8.69. The van der Waals surface area contributed by atoms with Crippen molar-refractivity contribution in [3.63, 3.8) is 0 Å². The number of aromatic nitrogens is 2. The molecule has 1 amide bonds. The molecule has 0 aliphatic carbocycles. The Labute approximate surface area is 144 Å². The summed E-state index contributed by atoms with van der Waals surface area (Å²) in [5, 5.41) is 4.33. The van der Waals surface area contributed by atoms with Gasteiger partial charge in [-0.3, -0.25) is 4.79 Å². The molecule has 0 radical (unpaired) electrons. The fourth-order valence-electron chi connectivity index (χ4n) is 3.10. The van der Waals surface area contributed by atoms with Crippen LogP contribution >= 0.6 is 15.9 Å². The molecule has 23 heavy (non-hydrogen) atoms. The van der Waals surface area contributed by atoms with E-state index in [0.717, 1.165) is 29.5 Å². The highest BCUT2D eigenvalue weighted by molar-refractivity contribution is 9.10. The van der Waals surface area contributed by atoms with Gasteiger partial charge >= 0.3 is 0 Å². The molecule has 2 heterocycles. The van der Waals surface area contributed by atoms with Crippen LogP contribution in [0.25, 0.3) is 5.69 Å². The van der Waals surface area contributed by atoms with Crippen molar-refractivity contribution >= 4 is 21.8 Å². The zero-order valence-electron chi connectivity index (χ0n) is 13.2. The van der Waals surface area contributed by atoms with Crippen molar-refractivity contribution in [1.82, 2.24) is 14.7 Å². The molecule has 1 fully saturated rings. The van der Waals surface area contributed by atoms with Gasteiger partial charge in [-0.05, 0) is 37.0 Å². The molecular formula is C17H21BrN4O. The summed E-state index contributed by atoms with van der Waals surface area (Å²) in [5.74, 6) is 0.644. The summed E-state index contributed by atoms with van der Waals surface area (Å²) in [6.07, 6.45) is 5.43. The molecule has 3 rings (SSSR count). The molecule has 6 heteroatoms. The highest BCUT2D eigenvalue weighted by atomic mass is 79.9. The van der Waals surface area contributed by atoms with Crippen molar-refractivity contribution in [2.24, 2.45) is 11.7 Å². The summed E-state index contributed by atoms with van der Waals surface area (Å²) >= 11 is 3.45. The van der Waals surface area contributed by atoms with E-state index in [-0.39, 0.29) is 11.9 Å². The summed E-state index contributed by atoms with van der Waals surface area (Å²) in [4.78, 5) is 14.7. The number of halogens is 1. The van der Waals surface area contributed by atoms with E-state index < -0.39 is 0 Å². The Bertz CT molecular complexity index is 699. The van der Waals surface area contributed by atoms with Crippen LogP contribution in [0, 0.1) is 5.92 Å². The Kier molecular flexibility index (Phi) is 4.82. The molecule has 1 aromatic carbocycles. The van der Waals surface area contributed by atoms with Gasteiger partial charge in [0, 0.05) is 29.8 Å². The predicted molar refractivity (Wildman–Crippen MR) is 93.5 cm³/mol. The topological polar surface area (TPSA) is 64.2 Å². The second kappa shape index (κ2) is 6.84. The SMILES string of the molecule is CC1CCN(C(=O)c2cnn(-c3cccc(Br)c3)c2)C(CN)C1. The van der Waals surface area contributed by atoms with Crippen LogP contribution in [0.3, 0.4) is 0 Å². The second-order valence-corrected chi connectivity index (χ2v) is 7.09. The molecule has 122 valence electrons. The van der Waals surface area contributed by atoms with E-state index in [1.54, 1.807) is 17.1 Å². The number of amides is 1. The number of rotatable bonds is 3. The first-order valence-electron chi connectivity index (χ1n) is 7.90.